The van der Waals surface area contributed by atoms with E-state index in [0.29, 0.717) is 12.0 Å². The maximum absolute atomic E-state index is 12.5. The van der Waals surface area contributed by atoms with Gasteiger partial charge in [-0.2, -0.15) is 0 Å². The molecule has 2 nitrogen and oxygen atoms in total. The van der Waals surface area contributed by atoms with Crippen LogP contribution < -0.4 is 0 Å². The third kappa shape index (κ3) is 5.21. The van der Waals surface area contributed by atoms with Crippen molar-refractivity contribution in [2.45, 2.75) is 83.1 Å². The summed E-state index contributed by atoms with van der Waals surface area (Å²) in [6.45, 7) is 11.4. The van der Waals surface area contributed by atoms with Crippen LogP contribution in [-0.4, -0.2) is 23.4 Å². The lowest BCUT2D eigenvalue weighted by Gasteiger charge is -2.40. The Morgan fingerprint density at radius 1 is 1.15 bits per heavy atom. The minimum atomic E-state index is -0.967. The Kier molecular flexibility index (Phi) is 8.69. The number of alkyl halides is 1. The zero-order chi connectivity index (χ0) is 15.8. The van der Waals surface area contributed by atoms with Crippen LogP contribution in [0.4, 0.5) is 0 Å². The van der Waals surface area contributed by atoms with E-state index in [9.17, 15) is 4.79 Å². The molecule has 0 aliphatic carbocycles. The molecule has 0 aliphatic rings. The van der Waals surface area contributed by atoms with Crippen LogP contribution >= 0.6 is 11.6 Å². The Balaban J connectivity index is 4.71. The average molecular weight is 303 g/mol. The van der Waals surface area contributed by atoms with Crippen LogP contribution in [0.2, 0.25) is 0 Å². The zero-order valence-corrected chi connectivity index (χ0v) is 14.6. The fourth-order valence-electron chi connectivity index (χ4n) is 2.62. The van der Waals surface area contributed by atoms with Gasteiger partial charge >= 0.3 is 0 Å². The summed E-state index contributed by atoms with van der Waals surface area (Å²) in [6.07, 6.45) is 7.70. The number of rotatable bonds is 11. The number of carbonyl (C=O) groups excluding carboxylic acids is 1. The van der Waals surface area contributed by atoms with Crippen molar-refractivity contribution in [2.75, 3.05) is 7.11 Å². The van der Waals surface area contributed by atoms with Crippen LogP contribution in [0.3, 0.4) is 0 Å². The number of hydrogen-bond donors (Lipinski definition) is 0. The van der Waals surface area contributed by atoms with E-state index in [4.69, 9.17) is 16.3 Å². The number of methoxy groups -OCH3 is 1. The largest absolute Gasteiger partial charge is 0.368 e. The number of halogens is 1. The van der Waals surface area contributed by atoms with Crippen LogP contribution in [0.1, 0.15) is 72.6 Å². The molecule has 20 heavy (non-hydrogen) atoms. The third-order valence-corrected chi connectivity index (χ3v) is 4.25. The van der Waals surface area contributed by atoms with Crippen LogP contribution in [0.15, 0.2) is 12.2 Å². The van der Waals surface area contributed by atoms with E-state index in [1.807, 2.05) is 13.8 Å². The Morgan fingerprint density at radius 3 is 2.05 bits per heavy atom. The highest BCUT2D eigenvalue weighted by atomic mass is 35.5. The highest BCUT2D eigenvalue weighted by Gasteiger charge is 2.50. The van der Waals surface area contributed by atoms with Gasteiger partial charge in [-0.1, -0.05) is 52.0 Å². The second-order valence-corrected chi connectivity index (χ2v) is 7.08. The number of carbonyl (C=O) groups is 1. The molecule has 0 aromatic carbocycles. The van der Waals surface area contributed by atoms with E-state index in [2.05, 4.69) is 13.5 Å². The van der Waals surface area contributed by atoms with Gasteiger partial charge in [0.2, 0.25) is 0 Å². The standard InChI is InChI=1S/C17H31ClO2/c1-7-8-9-10-11-12-13-17(20-6,16(4,5)18)15(19)14(2)3/h2,7-13H2,1,3-6H3. The minimum absolute atomic E-state index is 0.0754. The molecule has 0 spiro atoms. The van der Waals surface area contributed by atoms with E-state index >= 15 is 0 Å². The number of ether oxygens (including phenoxy) is 1. The quantitative estimate of drug-likeness (QED) is 0.295. The Hall–Kier alpha value is -0.340. The maximum Gasteiger partial charge on any atom is 0.191 e. The molecule has 0 radical (unpaired) electrons. The van der Waals surface area contributed by atoms with Gasteiger partial charge in [0.25, 0.3) is 0 Å². The van der Waals surface area contributed by atoms with Crippen molar-refractivity contribution in [3.8, 4) is 0 Å². The van der Waals surface area contributed by atoms with Gasteiger partial charge in [0.15, 0.2) is 5.78 Å². The summed E-state index contributed by atoms with van der Waals surface area (Å²) in [5, 5.41) is 0. The van der Waals surface area contributed by atoms with E-state index in [-0.39, 0.29) is 5.78 Å². The molecule has 0 bridgehead atoms. The van der Waals surface area contributed by atoms with Crippen LogP contribution in [-0.2, 0) is 9.53 Å². The second-order valence-electron chi connectivity index (χ2n) is 6.13. The Morgan fingerprint density at radius 2 is 1.65 bits per heavy atom. The predicted molar refractivity (Wildman–Crippen MR) is 87.5 cm³/mol. The van der Waals surface area contributed by atoms with Crippen LogP contribution in [0, 0.1) is 0 Å². The van der Waals surface area contributed by atoms with Crippen molar-refractivity contribution in [3.05, 3.63) is 12.2 Å². The van der Waals surface area contributed by atoms with E-state index in [1.165, 1.54) is 25.7 Å². The predicted octanol–water partition coefficient (Wildman–Crippen LogP) is 5.28. The Labute approximate surface area is 129 Å². The fourth-order valence-corrected chi connectivity index (χ4v) is 2.87. The lowest BCUT2D eigenvalue weighted by Crippen LogP contribution is -2.54. The van der Waals surface area contributed by atoms with E-state index < -0.39 is 10.5 Å². The molecule has 0 aromatic rings. The highest BCUT2D eigenvalue weighted by Crippen LogP contribution is 2.38. The number of ketones is 1. The number of hydrogen-bond acceptors (Lipinski definition) is 2. The highest BCUT2D eigenvalue weighted by molar-refractivity contribution is 6.27. The second kappa shape index (κ2) is 8.84. The first-order valence-corrected chi connectivity index (χ1v) is 8.05. The molecular weight excluding hydrogens is 272 g/mol. The van der Waals surface area contributed by atoms with Crippen LogP contribution in [0.5, 0.6) is 0 Å². The molecule has 0 rings (SSSR count). The lowest BCUT2D eigenvalue weighted by molar-refractivity contribution is -0.141. The molecule has 0 aromatic heterocycles. The first kappa shape index (κ1) is 19.7. The van der Waals surface area contributed by atoms with Crippen molar-refractivity contribution >= 4 is 17.4 Å². The summed E-state index contributed by atoms with van der Waals surface area (Å²) >= 11 is 6.47. The molecule has 3 heteroatoms. The molecule has 0 fully saturated rings. The van der Waals surface area contributed by atoms with E-state index in [1.54, 1.807) is 14.0 Å². The van der Waals surface area contributed by atoms with Crippen molar-refractivity contribution in [2.24, 2.45) is 0 Å². The molecule has 118 valence electrons. The minimum Gasteiger partial charge on any atom is -0.368 e. The molecule has 0 aliphatic heterocycles. The monoisotopic (exact) mass is 302 g/mol. The van der Waals surface area contributed by atoms with Gasteiger partial charge in [-0.05, 0) is 32.8 Å². The smallest absolute Gasteiger partial charge is 0.191 e. The van der Waals surface area contributed by atoms with Gasteiger partial charge in [-0.25, -0.2) is 0 Å². The van der Waals surface area contributed by atoms with Crippen molar-refractivity contribution < 1.29 is 9.53 Å². The molecule has 0 saturated carbocycles. The van der Waals surface area contributed by atoms with Gasteiger partial charge in [0, 0.05) is 7.11 Å². The summed E-state index contributed by atoms with van der Waals surface area (Å²) in [6, 6.07) is 0. The molecule has 0 amide bonds. The summed E-state index contributed by atoms with van der Waals surface area (Å²) < 4.78 is 5.61. The van der Waals surface area contributed by atoms with Gasteiger partial charge < -0.3 is 4.74 Å². The van der Waals surface area contributed by atoms with Crippen molar-refractivity contribution in [1.82, 2.24) is 0 Å². The first-order valence-electron chi connectivity index (χ1n) is 7.67. The zero-order valence-electron chi connectivity index (χ0n) is 13.9. The fraction of sp³-hybridized carbons (Fsp3) is 0.824. The molecule has 0 N–H and O–H groups in total. The number of unbranched alkanes of at least 4 members (excludes halogenated alkanes) is 5. The van der Waals surface area contributed by atoms with Crippen molar-refractivity contribution in [3.63, 3.8) is 0 Å². The van der Waals surface area contributed by atoms with Gasteiger partial charge in [0.05, 0.1) is 4.87 Å². The summed E-state index contributed by atoms with van der Waals surface area (Å²) in [5.41, 5.74) is -0.461. The average Bonchev–Trinajstić information content (AvgIpc) is 2.36. The molecule has 0 saturated heterocycles. The molecule has 1 unspecified atom stereocenters. The van der Waals surface area contributed by atoms with Gasteiger partial charge in [0.1, 0.15) is 5.60 Å². The SMILES string of the molecule is C=C(C)C(=O)C(CCCCCCCC)(OC)C(C)(C)Cl. The van der Waals surface area contributed by atoms with Gasteiger partial charge in [-0.15, -0.1) is 11.6 Å². The van der Waals surface area contributed by atoms with Crippen LogP contribution in [0.25, 0.3) is 0 Å². The van der Waals surface area contributed by atoms with E-state index in [0.717, 1.165) is 12.8 Å². The first-order chi connectivity index (χ1) is 9.23. The summed E-state index contributed by atoms with van der Waals surface area (Å²) in [7, 11) is 1.57. The lowest BCUT2D eigenvalue weighted by atomic mass is 9.78. The Bertz CT molecular complexity index is 317. The normalized spacial score (nSPS) is 14.9. The topological polar surface area (TPSA) is 26.3 Å². The third-order valence-electron chi connectivity index (χ3n) is 3.95. The summed E-state index contributed by atoms with van der Waals surface area (Å²) in [4.78, 5) is 11.8. The van der Waals surface area contributed by atoms with Crippen molar-refractivity contribution in [1.29, 1.82) is 0 Å². The molecule has 0 heterocycles. The molecular formula is C17H31ClO2. The summed E-state index contributed by atoms with van der Waals surface area (Å²) in [5.74, 6) is -0.0754. The number of Topliss-reactive ketones (excluding diaryl/α,β-unsaturated/α-hetero) is 1. The maximum atomic E-state index is 12.5. The molecule has 1 atom stereocenters. The van der Waals surface area contributed by atoms with Gasteiger partial charge in [-0.3, -0.25) is 4.79 Å².